The summed E-state index contributed by atoms with van der Waals surface area (Å²) >= 11 is 0. The number of hydrogen-bond donors (Lipinski definition) is 1. The number of benzene rings is 1. The second-order valence-electron chi connectivity index (χ2n) is 10.2. The number of aliphatic hydroxyl groups excluding tert-OH is 1. The Morgan fingerprint density at radius 3 is 2.53 bits per heavy atom. The summed E-state index contributed by atoms with van der Waals surface area (Å²) in [5.41, 5.74) is 0.733. The number of likely N-dealkylation sites (tertiary alicyclic amines) is 1. The fourth-order valence-electron chi connectivity index (χ4n) is 6.28. The Balaban J connectivity index is 1.31. The topological polar surface area (TPSA) is 64.1 Å². The number of amides is 2. The van der Waals surface area contributed by atoms with Crippen LogP contribution in [0.5, 0.6) is 0 Å². The average Bonchev–Trinajstić information content (AvgIpc) is 3.10. The summed E-state index contributed by atoms with van der Waals surface area (Å²) in [6.07, 6.45) is 7.98. The Kier molecular flexibility index (Phi) is 5.86. The maximum absolute atomic E-state index is 15.2. The van der Waals surface area contributed by atoms with Crippen molar-refractivity contribution in [3.63, 3.8) is 0 Å². The Hall–Kier alpha value is -2.15. The minimum absolute atomic E-state index is 0.0622. The molecule has 2 amide bonds. The minimum atomic E-state index is -0.428. The lowest BCUT2D eigenvalue weighted by Crippen LogP contribution is -2.50. The summed E-state index contributed by atoms with van der Waals surface area (Å²) in [6.45, 7) is 2.71. The highest BCUT2D eigenvalue weighted by Gasteiger charge is 2.50. The summed E-state index contributed by atoms with van der Waals surface area (Å²) in [7, 11) is 0. The van der Waals surface area contributed by atoms with Gasteiger partial charge in [-0.3, -0.25) is 9.59 Å². The molecule has 32 heavy (non-hydrogen) atoms. The van der Waals surface area contributed by atoms with Crippen LogP contribution in [0.3, 0.4) is 0 Å². The van der Waals surface area contributed by atoms with E-state index in [0.29, 0.717) is 30.9 Å². The number of aliphatic hydroxyl groups is 1. The van der Waals surface area contributed by atoms with E-state index in [1.165, 1.54) is 6.07 Å². The Morgan fingerprint density at radius 1 is 0.969 bits per heavy atom. The molecule has 0 aromatic heterocycles. The van der Waals surface area contributed by atoms with Crippen molar-refractivity contribution in [2.45, 2.75) is 76.4 Å². The number of halogens is 1. The zero-order valence-corrected chi connectivity index (χ0v) is 18.8. The molecule has 5 rings (SSSR count). The van der Waals surface area contributed by atoms with Gasteiger partial charge in [-0.2, -0.15) is 0 Å². The molecular formula is C25H34FN3O3. The summed E-state index contributed by atoms with van der Waals surface area (Å²) in [6, 6.07) is 5.35. The second kappa shape index (κ2) is 8.65. The third-order valence-corrected chi connectivity index (χ3v) is 8.14. The third-order valence-electron chi connectivity index (χ3n) is 8.14. The first kappa shape index (κ1) is 21.7. The number of anilines is 2. The first-order chi connectivity index (χ1) is 15.5. The molecule has 4 aliphatic rings. The van der Waals surface area contributed by atoms with Gasteiger partial charge < -0.3 is 19.8 Å². The van der Waals surface area contributed by atoms with Gasteiger partial charge >= 0.3 is 0 Å². The predicted octanol–water partition coefficient (Wildman–Crippen LogP) is 3.47. The monoisotopic (exact) mass is 443 g/mol. The molecule has 1 N–H and O–H groups in total. The zero-order valence-electron chi connectivity index (χ0n) is 18.8. The van der Waals surface area contributed by atoms with Gasteiger partial charge in [0.15, 0.2) is 0 Å². The van der Waals surface area contributed by atoms with Gasteiger partial charge in [-0.15, -0.1) is 0 Å². The molecule has 0 bridgehead atoms. The SMILES string of the molecule is O=C1CCCCN1c1ccc(N2CCC[C@]3(CCN(C4CCC(O)CC4)C3=O)C2)c(F)c1. The average molecular weight is 444 g/mol. The molecule has 1 aromatic rings. The van der Waals surface area contributed by atoms with Crippen molar-refractivity contribution in [1.29, 1.82) is 0 Å². The molecule has 1 aliphatic carbocycles. The highest BCUT2D eigenvalue weighted by Crippen LogP contribution is 2.44. The zero-order chi connectivity index (χ0) is 22.3. The number of nitrogens with zero attached hydrogens (tertiary/aromatic N) is 3. The fourth-order valence-corrected chi connectivity index (χ4v) is 6.28. The van der Waals surface area contributed by atoms with Crippen molar-refractivity contribution < 1.29 is 19.1 Å². The molecule has 174 valence electrons. The van der Waals surface area contributed by atoms with E-state index in [4.69, 9.17) is 0 Å². The Labute approximate surface area is 189 Å². The number of hydrogen-bond acceptors (Lipinski definition) is 4. The number of carbonyl (C=O) groups is 2. The minimum Gasteiger partial charge on any atom is -0.393 e. The van der Waals surface area contributed by atoms with Crippen LogP contribution < -0.4 is 9.80 Å². The van der Waals surface area contributed by atoms with Gasteiger partial charge in [-0.05, 0) is 76.0 Å². The number of rotatable bonds is 3. The maximum Gasteiger partial charge on any atom is 0.230 e. The van der Waals surface area contributed by atoms with Gasteiger partial charge in [0.25, 0.3) is 0 Å². The molecule has 1 aromatic carbocycles. The normalized spacial score (nSPS) is 31.6. The molecule has 1 saturated carbocycles. The molecule has 3 heterocycles. The molecule has 4 fully saturated rings. The number of piperidine rings is 2. The summed E-state index contributed by atoms with van der Waals surface area (Å²) in [5, 5.41) is 9.81. The van der Waals surface area contributed by atoms with Crippen molar-refractivity contribution >= 4 is 23.2 Å². The van der Waals surface area contributed by atoms with E-state index in [1.54, 1.807) is 11.0 Å². The Morgan fingerprint density at radius 2 is 1.78 bits per heavy atom. The Bertz CT molecular complexity index is 885. The number of carbonyl (C=O) groups excluding carboxylic acids is 2. The van der Waals surface area contributed by atoms with Gasteiger partial charge in [0.1, 0.15) is 5.82 Å². The highest BCUT2D eigenvalue weighted by atomic mass is 19.1. The predicted molar refractivity (Wildman–Crippen MR) is 121 cm³/mol. The fraction of sp³-hybridized carbons (Fsp3) is 0.680. The van der Waals surface area contributed by atoms with Crippen LogP contribution in [0, 0.1) is 11.2 Å². The quantitative estimate of drug-likeness (QED) is 0.777. The molecular weight excluding hydrogens is 409 g/mol. The first-order valence-corrected chi connectivity index (χ1v) is 12.3. The molecule has 0 radical (unpaired) electrons. The van der Waals surface area contributed by atoms with Crippen molar-refractivity contribution in [3.8, 4) is 0 Å². The van der Waals surface area contributed by atoms with Gasteiger partial charge in [-0.1, -0.05) is 0 Å². The molecule has 1 atom stereocenters. The van der Waals surface area contributed by atoms with Crippen LogP contribution in [0.2, 0.25) is 0 Å². The van der Waals surface area contributed by atoms with E-state index >= 15 is 4.39 Å². The molecule has 3 aliphatic heterocycles. The highest BCUT2D eigenvalue weighted by molar-refractivity contribution is 5.94. The van der Waals surface area contributed by atoms with Crippen molar-refractivity contribution in [2.75, 3.05) is 36.0 Å². The summed E-state index contributed by atoms with van der Waals surface area (Å²) in [5.74, 6) is -0.0341. The molecule has 7 heteroatoms. The van der Waals surface area contributed by atoms with E-state index in [0.717, 1.165) is 70.9 Å². The molecule has 3 saturated heterocycles. The molecule has 0 unspecified atom stereocenters. The molecule has 6 nitrogen and oxygen atoms in total. The van der Waals surface area contributed by atoms with Crippen LogP contribution in [0.25, 0.3) is 0 Å². The lowest BCUT2D eigenvalue weighted by Gasteiger charge is -2.41. The van der Waals surface area contributed by atoms with Crippen molar-refractivity contribution in [1.82, 2.24) is 4.90 Å². The van der Waals surface area contributed by atoms with E-state index in [1.807, 2.05) is 11.0 Å². The van der Waals surface area contributed by atoms with Gasteiger partial charge in [-0.25, -0.2) is 4.39 Å². The smallest absolute Gasteiger partial charge is 0.230 e. The van der Waals surface area contributed by atoms with E-state index in [2.05, 4.69) is 4.90 Å². The van der Waals surface area contributed by atoms with Gasteiger partial charge in [0, 0.05) is 44.3 Å². The van der Waals surface area contributed by atoms with Crippen molar-refractivity contribution in [2.24, 2.45) is 5.41 Å². The largest absolute Gasteiger partial charge is 0.393 e. The summed E-state index contributed by atoms with van der Waals surface area (Å²) < 4.78 is 15.2. The standard InChI is InChI=1S/C25H34FN3O3/c26-21-16-19(28-14-2-1-4-23(28)31)7-10-22(21)27-13-3-11-25(17-27)12-15-29(24(25)32)18-5-8-20(30)9-6-18/h7,10,16,18,20,30H,1-6,8-9,11-15,17H2/t18?,20?,25-/m0/s1. The van der Waals surface area contributed by atoms with Crippen LogP contribution in [-0.2, 0) is 9.59 Å². The van der Waals surface area contributed by atoms with Gasteiger partial charge in [0.05, 0.1) is 17.2 Å². The van der Waals surface area contributed by atoms with Crippen LogP contribution in [-0.4, -0.2) is 60.1 Å². The maximum atomic E-state index is 15.2. The first-order valence-electron chi connectivity index (χ1n) is 12.3. The lowest BCUT2D eigenvalue weighted by molar-refractivity contribution is -0.139. The third kappa shape index (κ3) is 3.89. The van der Waals surface area contributed by atoms with Crippen LogP contribution in [0.15, 0.2) is 18.2 Å². The van der Waals surface area contributed by atoms with Crippen molar-refractivity contribution in [3.05, 3.63) is 24.0 Å². The van der Waals surface area contributed by atoms with Crippen LogP contribution >= 0.6 is 0 Å². The van der Waals surface area contributed by atoms with Gasteiger partial charge in [0.2, 0.25) is 11.8 Å². The molecule has 1 spiro atoms. The van der Waals surface area contributed by atoms with E-state index in [-0.39, 0.29) is 29.8 Å². The van der Waals surface area contributed by atoms with Crippen LogP contribution in [0.4, 0.5) is 15.8 Å². The second-order valence-corrected chi connectivity index (χ2v) is 10.2. The summed E-state index contributed by atoms with van der Waals surface area (Å²) in [4.78, 5) is 31.5. The lowest BCUT2D eigenvalue weighted by atomic mass is 9.78. The van der Waals surface area contributed by atoms with E-state index < -0.39 is 5.41 Å². The van der Waals surface area contributed by atoms with Crippen LogP contribution in [0.1, 0.15) is 64.2 Å². The van der Waals surface area contributed by atoms with E-state index in [9.17, 15) is 14.7 Å².